The normalized spacial score (nSPS) is 38.4. The van der Waals surface area contributed by atoms with Crippen LogP contribution in [0.1, 0.15) is 33.1 Å². The Hall–Kier alpha value is -0.770. The number of rotatable bonds is 0. The van der Waals surface area contributed by atoms with Crippen molar-refractivity contribution in [2.75, 3.05) is 0 Å². The van der Waals surface area contributed by atoms with Gasteiger partial charge in [0.15, 0.2) is 0 Å². The molecule has 2 bridgehead atoms. The Labute approximate surface area is 74.1 Å². The van der Waals surface area contributed by atoms with Gasteiger partial charge in [-0.15, -0.1) is 0 Å². The first-order valence-electron chi connectivity index (χ1n) is 4.81. The highest BCUT2D eigenvalue weighted by atomic mass is 14.5. The molecule has 12 heavy (non-hydrogen) atoms. The topological polar surface area (TPSA) is 23.8 Å². The standard InChI is InChI=1S/C11H15N/c1-7(2)11-8-3-4-10(11)9(5-8)6-12/h8-10H,3-5H2,1-2H3/t8-,9-,10+/m1/s1. The van der Waals surface area contributed by atoms with Gasteiger partial charge in [-0.1, -0.05) is 11.1 Å². The zero-order valence-corrected chi connectivity index (χ0v) is 7.80. The molecule has 0 aromatic rings. The molecule has 0 aromatic heterocycles. The summed E-state index contributed by atoms with van der Waals surface area (Å²) in [7, 11) is 0. The molecular weight excluding hydrogens is 146 g/mol. The molecule has 0 saturated heterocycles. The first-order chi connectivity index (χ1) is 5.74. The molecule has 0 unspecified atom stereocenters. The zero-order chi connectivity index (χ0) is 8.72. The molecule has 3 atom stereocenters. The molecule has 2 aliphatic rings. The molecule has 0 radical (unpaired) electrons. The smallest absolute Gasteiger partial charge is 0.0662 e. The molecule has 1 nitrogen and oxygen atoms in total. The van der Waals surface area contributed by atoms with Crippen LogP contribution in [0.4, 0.5) is 0 Å². The van der Waals surface area contributed by atoms with Crippen LogP contribution in [0.5, 0.6) is 0 Å². The van der Waals surface area contributed by atoms with E-state index in [9.17, 15) is 0 Å². The van der Waals surface area contributed by atoms with E-state index >= 15 is 0 Å². The SMILES string of the molecule is CC(C)=C1[C@@H]2CC[C@H]1[C@@H](C#N)C2. The highest BCUT2D eigenvalue weighted by Crippen LogP contribution is 2.53. The van der Waals surface area contributed by atoms with Gasteiger partial charge in [-0.25, -0.2) is 0 Å². The molecule has 0 aliphatic heterocycles. The lowest BCUT2D eigenvalue weighted by atomic mass is 9.90. The monoisotopic (exact) mass is 161 g/mol. The molecule has 0 heterocycles. The Bertz CT molecular complexity index is 265. The molecule has 64 valence electrons. The number of nitrogens with zero attached hydrogens (tertiary/aromatic N) is 1. The van der Waals surface area contributed by atoms with Crippen LogP contribution >= 0.6 is 0 Å². The van der Waals surface area contributed by atoms with Crippen molar-refractivity contribution in [1.82, 2.24) is 0 Å². The Morgan fingerprint density at radius 3 is 2.58 bits per heavy atom. The Balaban J connectivity index is 2.33. The minimum atomic E-state index is 0.341. The summed E-state index contributed by atoms with van der Waals surface area (Å²) in [5.74, 6) is 1.74. The van der Waals surface area contributed by atoms with E-state index in [2.05, 4.69) is 19.9 Å². The van der Waals surface area contributed by atoms with Crippen LogP contribution in [0.25, 0.3) is 0 Å². The Kier molecular flexibility index (Phi) is 1.72. The third-order valence-corrected chi connectivity index (χ3v) is 3.43. The minimum absolute atomic E-state index is 0.341. The fourth-order valence-electron chi connectivity index (χ4n) is 3.05. The summed E-state index contributed by atoms with van der Waals surface area (Å²) in [6, 6.07) is 2.45. The van der Waals surface area contributed by atoms with E-state index < -0.39 is 0 Å². The fourth-order valence-corrected chi connectivity index (χ4v) is 3.05. The molecule has 2 aliphatic carbocycles. The molecular formula is C11H15N. The lowest BCUT2D eigenvalue weighted by Gasteiger charge is -2.12. The van der Waals surface area contributed by atoms with E-state index in [1.54, 1.807) is 5.57 Å². The van der Waals surface area contributed by atoms with Gasteiger partial charge in [-0.05, 0) is 44.9 Å². The lowest BCUT2D eigenvalue weighted by Crippen LogP contribution is -2.07. The summed E-state index contributed by atoms with van der Waals surface area (Å²) in [6.45, 7) is 4.39. The number of fused-ring (bicyclic) bond motifs is 2. The molecule has 0 N–H and O–H groups in total. The first kappa shape index (κ1) is 7.86. The second-order valence-electron chi connectivity index (χ2n) is 4.31. The number of hydrogen-bond acceptors (Lipinski definition) is 1. The van der Waals surface area contributed by atoms with Crippen molar-refractivity contribution in [3.05, 3.63) is 11.1 Å². The molecule has 2 saturated carbocycles. The Morgan fingerprint density at radius 1 is 1.42 bits per heavy atom. The molecule has 0 spiro atoms. The van der Waals surface area contributed by atoms with Crippen LogP contribution in [0.3, 0.4) is 0 Å². The summed E-state index contributed by atoms with van der Waals surface area (Å²) in [4.78, 5) is 0. The molecule has 0 aromatic carbocycles. The first-order valence-corrected chi connectivity index (χ1v) is 4.81. The maximum atomic E-state index is 8.92. The van der Waals surface area contributed by atoms with Gasteiger partial charge in [0.25, 0.3) is 0 Å². The van der Waals surface area contributed by atoms with Crippen LogP contribution in [-0.2, 0) is 0 Å². The van der Waals surface area contributed by atoms with Gasteiger partial charge in [-0.3, -0.25) is 0 Å². The van der Waals surface area contributed by atoms with Gasteiger partial charge < -0.3 is 0 Å². The van der Waals surface area contributed by atoms with E-state index in [4.69, 9.17) is 5.26 Å². The van der Waals surface area contributed by atoms with E-state index in [1.807, 2.05) is 0 Å². The second-order valence-corrected chi connectivity index (χ2v) is 4.31. The quantitative estimate of drug-likeness (QED) is 0.501. The summed E-state index contributed by atoms with van der Waals surface area (Å²) < 4.78 is 0. The third-order valence-electron chi connectivity index (χ3n) is 3.43. The van der Waals surface area contributed by atoms with Crippen LogP contribution in [0, 0.1) is 29.1 Å². The number of allylic oxidation sites excluding steroid dienone is 2. The predicted molar refractivity (Wildman–Crippen MR) is 48.3 cm³/mol. The van der Waals surface area contributed by atoms with Gasteiger partial charge in [0, 0.05) is 0 Å². The minimum Gasteiger partial charge on any atom is -0.198 e. The molecule has 1 heteroatoms. The van der Waals surface area contributed by atoms with Crippen molar-refractivity contribution < 1.29 is 0 Å². The van der Waals surface area contributed by atoms with Crippen molar-refractivity contribution >= 4 is 0 Å². The number of hydrogen-bond donors (Lipinski definition) is 0. The lowest BCUT2D eigenvalue weighted by molar-refractivity contribution is 0.404. The third kappa shape index (κ3) is 0.909. The van der Waals surface area contributed by atoms with Crippen molar-refractivity contribution in [3.8, 4) is 6.07 Å². The molecule has 0 amide bonds. The van der Waals surface area contributed by atoms with Gasteiger partial charge in [0.05, 0.1) is 12.0 Å². The highest BCUT2D eigenvalue weighted by Gasteiger charge is 2.44. The summed E-state index contributed by atoms with van der Waals surface area (Å²) in [5, 5.41) is 8.92. The van der Waals surface area contributed by atoms with Crippen LogP contribution in [0.2, 0.25) is 0 Å². The maximum absolute atomic E-state index is 8.92. The van der Waals surface area contributed by atoms with Crippen molar-refractivity contribution in [2.24, 2.45) is 17.8 Å². The highest BCUT2D eigenvalue weighted by molar-refractivity contribution is 5.28. The summed E-state index contributed by atoms with van der Waals surface area (Å²) in [5.41, 5.74) is 3.10. The largest absolute Gasteiger partial charge is 0.198 e. The average Bonchev–Trinajstić information content (AvgIpc) is 2.59. The van der Waals surface area contributed by atoms with E-state index in [-0.39, 0.29) is 0 Å². The predicted octanol–water partition coefficient (Wildman–Crippen LogP) is 2.89. The van der Waals surface area contributed by atoms with Crippen molar-refractivity contribution in [2.45, 2.75) is 33.1 Å². The van der Waals surface area contributed by atoms with Gasteiger partial charge in [0.1, 0.15) is 0 Å². The van der Waals surface area contributed by atoms with Crippen molar-refractivity contribution in [1.29, 1.82) is 5.26 Å². The van der Waals surface area contributed by atoms with Gasteiger partial charge >= 0.3 is 0 Å². The van der Waals surface area contributed by atoms with Crippen LogP contribution in [-0.4, -0.2) is 0 Å². The van der Waals surface area contributed by atoms with Crippen LogP contribution < -0.4 is 0 Å². The van der Waals surface area contributed by atoms with Crippen LogP contribution in [0.15, 0.2) is 11.1 Å². The fraction of sp³-hybridized carbons (Fsp3) is 0.727. The maximum Gasteiger partial charge on any atom is 0.0662 e. The van der Waals surface area contributed by atoms with Crippen molar-refractivity contribution in [3.63, 3.8) is 0 Å². The van der Waals surface area contributed by atoms with E-state index in [0.29, 0.717) is 11.8 Å². The Morgan fingerprint density at radius 2 is 2.17 bits per heavy atom. The summed E-state index contributed by atoms with van der Waals surface area (Å²) in [6.07, 6.45) is 3.74. The molecule has 2 fully saturated rings. The van der Waals surface area contributed by atoms with E-state index in [1.165, 1.54) is 18.4 Å². The van der Waals surface area contributed by atoms with Gasteiger partial charge in [-0.2, -0.15) is 5.26 Å². The average molecular weight is 161 g/mol. The number of nitriles is 1. The molecule has 2 rings (SSSR count). The van der Waals surface area contributed by atoms with E-state index in [0.717, 1.165) is 12.3 Å². The summed E-state index contributed by atoms with van der Waals surface area (Å²) >= 11 is 0. The second kappa shape index (κ2) is 2.62. The zero-order valence-electron chi connectivity index (χ0n) is 7.80. The van der Waals surface area contributed by atoms with Gasteiger partial charge in [0.2, 0.25) is 0 Å².